The number of rotatable bonds is 5. The molecule has 1 saturated carbocycles. The van der Waals surface area contributed by atoms with E-state index < -0.39 is 0 Å². The van der Waals surface area contributed by atoms with Crippen LogP contribution in [0.3, 0.4) is 0 Å². The minimum absolute atomic E-state index is 0.0327. The van der Waals surface area contributed by atoms with E-state index in [1.54, 1.807) is 0 Å². The predicted octanol–water partition coefficient (Wildman–Crippen LogP) is 2.15. The van der Waals surface area contributed by atoms with Gasteiger partial charge >= 0.3 is 0 Å². The highest BCUT2D eigenvalue weighted by atomic mass is 32.2. The van der Waals surface area contributed by atoms with E-state index in [-0.39, 0.29) is 17.9 Å². The summed E-state index contributed by atoms with van der Waals surface area (Å²) in [7, 11) is 0. The molecule has 1 fully saturated rings. The molecule has 100 valence electrons. The van der Waals surface area contributed by atoms with Crippen LogP contribution in [-0.4, -0.2) is 29.5 Å². The fourth-order valence-electron chi connectivity index (χ4n) is 2.34. The van der Waals surface area contributed by atoms with Gasteiger partial charge in [-0.15, -0.1) is 0 Å². The zero-order chi connectivity index (χ0) is 12.8. The molecule has 17 heavy (non-hydrogen) atoms. The van der Waals surface area contributed by atoms with E-state index in [0.717, 1.165) is 12.8 Å². The molecule has 1 rings (SSSR count). The van der Waals surface area contributed by atoms with Crippen LogP contribution in [0.1, 0.15) is 46.0 Å². The van der Waals surface area contributed by atoms with Crippen LogP contribution in [0.25, 0.3) is 0 Å². The molecular weight excluding hydrogens is 232 g/mol. The van der Waals surface area contributed by atoms with Crippen molar-refractivity contribution in [2.75, 3.05) is 6.26 Å². The Balaban J connectivity index is 2.48. The quantitative estimate of drug-likeness (QED) is 0.794. The van der Waals surface area contributed by atoms with Crippen LogP contribution in [0, 0.1) is 5.92 Å². The molecule has 4 heteroatoms. The first-order valence-electron chi connectivity index (χ1n) is 6.68. The number of carbonyl (C=O) groups is 1. The van der Waals surface area contributed by atoms with Crippen molar-refractivity contribution in [1.29, 1.82) is 0 Å². The van der Waals surface area contributed by atoms with Gasteiger partial charge in [0.2, 0.25) is 5.91 Å². The van der Waals surface area contributed by atoms with Gasteiger partial charge in [-0.3, -0.25) is 4.79 Å². The first kappa shape index (κ1) is 14.8. The normalized spacial score (nSPS) is 28.5. The highest BCUT2D eigenvalue weighted by Gasteiger charge is 2.28. The number of carbonyl (C=O) groups excluding carboxylic acids is 1. The van der Waals surface area contributed by atoms with Crippen molar-refractivity contribution in [3.63, 3.8) is 0 Å². The molecule has 3 nitrogen and oxygen atoms in total. The van der Waals surface area contributed by atoms with Crippen molar-refractivity contribution in [2.24, 2.45) is 11.7 Å². The van der Waals surface area contributed by atoms with Gasteiger partial charge in [-0.05, 0) is 25.0 Å². The summed E-state index contributed by atoms with van der Waals surface area (Å²) in [6.45, 7) is 4.11. The van der Waals surface area contributed by atoms with E-state index in [4.69, 9.17) is 5.73 Å². The maximum atomic E-state index is 12.0. The van der Waals surface area contributed by atoms with E-state index >= 15 is 0 Å². The lowest BCUT2D eigenvalue weighted by Gasteiger charge is -2.32. The zero-order valence-corrected chi connectivity index (χ0v) is 12.1. The lowest BCUT2D eigenvalue weighted by molar-refractivity contribution is -0.124. The molecule has 0 aromatic carbocycles. The fourth-order valence-corrected chi connectivity index (χ4v) is 3.27. The summed E-state index contributed by atoms with van der Waals surface area (Å²) >= 11 is 1.87. The molecule has 0 aromatic heterocycles. The summed E-state index contributed by atoms with van der Waals surface area (Å²) in [6, 6.07) is -0.0363. The lowest BCUT2D eigenvalue weighted by Crippen LogP contribution is -2.51. The second-order valence-corrected chi connectivity index (χ2v) is 6.16. The molecule has 0 aromatic rings. The van der Waals surface area contributed by atoms with Gasteiger partial charge in [0, 0.05) is 11.3 Å². The number of nitrogens with one attached hydrogen (secondary N) is 1. The molecule has 0 spiro atoms. The standard InChI is InChI=1S/C13H26N2OS/c1-4-9(2)12(14)13(16)15-10-7-5-6-8-11(10)17-3/h9-12H,4-8,14H2,1-3H3,(H,15,16)/t9?,10?,11?,12-/m0/s1. The first-order valence-corrected chi connectivity index (χ1v) is 7.97. The van der Waals surface area contributed by atoms with Gasteiger partial charge in [0.05, 0.1) is 6.04 Å². The Labute approximate surface area is 109 Å². The molecule has 0 bridgehead atoms. The summed E-state index contributed by atoms with van der Waals surface area (Å²) in [6.07, 6.45) is 7.90. The highest BCUT2D eigenvalue weighted by Crippen LogP contribution is 2.27. The van der Waals surface area contributed by atoms with Crippen LogP contribution in [0.2, 0.25) is 0 Å². The largest absolute Gasteiger partial charge is 0.351 e. The van der Waals surface area contributed by atoms with Gasteiger partial charge in [0.25, 0.3) is 0 Å². The number of thioether (sulfide) groups is 1. The monoisotopic (exact) mass is 258 g/mol. The van der Waals surface area contributed by atoms with Crippen LogP contribution < -0.4 is 11.1 Å². The van der Waals surface area contributed by atoms with E-state index in [9.17, 15) is 4.79 Å². The molecule has 1 amide bonds. The summed E-state index contributed by atoms with van der Waals surface area (Å²) in [5.41, 5.74) is 5.96. The maximum Gasteiger partial charge on any atom is 0.237 e. The average Bonchev–Trinajstić information content (AvgIpc) is 2.37. The third kappa shape index (κ3) is 4.18. The van der Waals surface area contributed by atoms with Crippen molar-refractivity contribution >= 4 is 17.7 Å². The SMILES string of the molecule is CCC(C)[C@H](N)C(=O)NC1CCCCC1SC. The lowest BCUT2D eigenvalue weighted by atomic mass is 9.93. The molecule has 4 atom stereocenters. The van der Waals surface area contributed by atoms with Crippen molar-refractivity contribution < 1.29 is 4.79 Å². The van der Waals surface area contributed by atoms with Gasteiger partial charge in [0.1, 0.15) is 0 Å². The Morgan fingerprint density at radius 2 is 2.12 bits per heavy atom. The van der Waals surface area contributed by atoms with Gasteiger partial charge < -0.3 is 11.1 Å². The maximum absolute atomic E-state index is 12.0. The van der Waals surface area contributed by atoms with Crippen molar-refractivity contribution in [2.45, 2.75) is 63.3 Å². The van der Waals surface area contributed by atoms with Crippen molar-refractivity contribution in [1.82, 2.24) is 5.32 Å². The van der Waals surface area contributed by atoms with Crippen LogP contribution in [0.5, 0.6) is 0 Å². The summed E-state index contributed by atoms with van der Waals surface area (Å²) in [4.78, 5) is 12.0. The van der Waals surface area contributed by atoms with Crippen LogP contribution in [0.15, 0.2) is 0 Å². The number of hydrogen-bond donors (Lipinski definition) is 2. The number of hydrogen-bond acceptors (Lipinski definition) is 3. The number of nitrogens with two attached hydrogens (primary N) is 1. The zero-order valence-electron chi connectivity index (χ0n) is 11.2. The molecule has 0 aliphatic heterocycles. The Kier molecular flexibility index (Phi) is 6.34. The Morgan fingerprint density at radius 3 is 2.71 bits per heavy atom. The summed E-state index contributed by atoms with van der Waals surface area (Å²) in [5, 5.41) is 3.72. The summed E-state index contributed by atoms with van der Waals surface area (Å²) in [5.74, 6) is 0.289. The molecule has 3 unspecified atom stereocenters. The fraction of sp³-hybridized carbons (Fsp3) is 0.923. The molecule has 1 aliphatic carbocycles. The van der Waals surface area contributed by atoms with E-state index in [1.807, 2.05) is 18.7 Å². The van der Waals surface area contributed by atoms with E-state index in [2.05, 4.69) is 18.5 Å². The minimum atomic E-state index is -0.357. The third-order valence-electron chi connectivity index (χ3n) is 3.89. The molecule has 0 heterocycles. The topological polar surface area (TPSA) is 55.1 Å². The second kappa shape index (κ2) is 7.27. The second-order valence-electron chi connectivity index (χ2n) is 5.09. The van der Waals surface area contributed by atoms with Gasteiger partial charge in [-0.2, -0.15) is 11.8 Å². The smallest absolute Gasteiger partial charge is 0.237 e. The molecule has 3 N–H and O–H groups in total. The average molecular weight is 258 g/mol. The highest BCUT2D eigenvalue weighted by molar-refractivity contribution is 7.99. The Hall–Kier alpha value is -0.220. The Morgan fingerprint density at radius 1 is 1.47 bits per heavy atom. The molecular formula is C13H26N2OS. The predicted molar refractivity (Wildman–Crippen MR) is 75.1 cm³/mol. The van der Waals surface area contributed by atoms with E-state index in [0.29, 0.717) is 11.3 Å². The van der Waals surface area contributed by atoms with Crippen molar-refractivity contribution in [3.05, 3.63) is 0 Å². The Bertz CT molecular complexity index is 248. The molecule has 1 aliphatic rings. The third-order valence-corrected chi connectivity index (χ3v) is 5.06. The summed E-state index contributed by atoms with van der Waals surface area (Å²) < 4.78 is 0. The van der Waals surface area contributed by atoms with Crippen LogP contribution in [-0.2, 0) is 4.79 Å². The number of amides is 1. The van der Waals surface area contributed by atoms with E-state index in [1.165, 1.54) is 19.3 Å². The molecule has 0 radical (unpaired) electrons. The van der Waals surface area contributed by atoms with Crippen LogP contribution >= 0.6 is 11.8 Å². The minimum Gasteiger partial charge on any atom is -0.351 e. The van der Waals surface area contributed by atoms with Gasteiger partial charge in [0.15, 0.2) is 0 Å². The van der Waals surface area contributed by atoms with Gasteiger partial charge in [-0.25, -0.2) is 0 Å². The first-order chi connectivity index (χ1) is 8.10. The van der Waals surface area contributed by atoms with Crippen molar-refractivity contribution in [3.8, 4) is 0 Å². The van der Waals surface area contributed by atoms with Gasteiger partial charge in [-0.1, -0.05) is 33.1 Å². The molecule has 0 saturated heterocycles. The van der Waals surface area contributed by atoms with Crippen LogP contribution in [0.4, 0.5) is 0 Å².